The van der Waals surface area contributed by atoms with E-state index < -0.39 is 40.8 Å². The number of hydrogen-bond donors (Lipinski definition) is 0. The van der Waals surface area contributed by atoms with E-state index in [0.29, 0.717) is 7.25 Å². The van der Waals surface area contributed by atoms with E-state index in [1.165, 1.54) is 0 Å². The Bertz CT molecular complexity index is 1290. The van der Waals surface area contributed by atoms with E-state index in [2.05, 4.69) is 111 Å². The molecule has 0 N–H and O–H groups in total. The third-order valence-corrected chi connectivity index (χ3v) is 16.1. The van der Waals surface area contributed by atoms with Crippen LogP contribution in [-0.4, -0.2) is 17.6 Å². The van der Waals surface area contributed by atoms with Crippen LogP contribution in [0.25, 0.3) is 10.4 Å². The first-order valence-corrected chi connectivity index (χ1v) is 21.8. The molecule has 5 heteroatoms. The Morgan fingerprint density at radius 2 is 1.03 bits per heavy atom. The van der Waals surface area contributed by atoms with Gasteiger partial charge in [-0.3, -0.25) is 0 Å². The molecule has 0 amide bonds. The van der Waals surface area contributed by atoms with Crippen molar-refractivity contribution in [2.45, 2.75) is 46.3 Å². The molecule has 0 bridgehead atoms. The Labute approximate surface area is 250 Å². The molecule has 0 saturated heterocycles. The molecule has 0 saturated carbocycles. The van der Waals surface area contributed by atoms with Gasteiger partial charge in [0.05, 0.1) is 0 Å². The average Bonchev–Trinajstić information content (AvgIpc) is 3.64. The van der Waals surface area contributed by atoms with Crippen molar-refractivity contribution in [1.82, 2.24) is 0 Å². The molecule has 4 aliphatic rings. The fourth-order valence-electron chi connectivity index (χ4n) is 6.67. The molecule has 6 rings (SSSR count). The summed E-state index contributed by atoms with van der Waals surface area (Å²) >= 11 is -0.940. The van der Waals surface area contributed by atoms with Crippen molar-refractivity contribution in [2.75, 3.05) is 0 Å². The van der Waals surface area contributed by atoms with Gasteiger partial charge in [0.2, 0.25) is 0 Å². The van der Waals surface area contributed by atoms with Gasteiger partial charge in [0.15, 0.2) is 0 Å². The van der Waals surface area contributed by atoms with E-state index in [1.807, 2.05) is 0 Å². The van der Waals surface area contributed by atoms with E-state index in [1.54, 1.807) is 54.9 Å². The predicted octanol–water partition coefficient (Wildman–Crippen LogP) is 1.92. The largest absolute Gasteiger partial charge is 1.00 e. The first-order chi connectivity index (χ1) is 17.1. The van der Waals surface area contributed by atoms with Crippen LogP contribution < -0.4 is 24.8 Å². The summed E-state index contributed by atoms with van der Waals surface area (Å²) < 4.78 is 1.31. The van der Waals surface area contributed by atoms with Gasteiger partial charge in [0.25, 0.3) is 0 Å². The zero-order valence-electron chi connectivity index (χ0n) is 22.1. The number of benzene rings is 2. The minimum absolute atomic E-state index is 0. The fraction of sp³-hybridized carbons (Fsp3) is 0.250. The minimum atomic E-state index is -0.982. The van der Waals surface area contributed by atoms with Gasteiger partial charge in [0, 0.05) is 0 Å². The molecular formula is C32H34Cl2Si2Zr. The van der Waals surface area contributed by atoms with Gasteiger partial charge in [-0.05, 0) is 0 Å². The Morgan fingerprint density at radius 1 is 0.622 bits per heavy atom. The van der Waals surface area contributed by atoms with Crippen molar-refractivity contribution in [2.24, 2.45) is 0 Å². The molecule has 4 aliphatic carbocycles. The molecule has 2 aromatic carbocycles. The van der Waals surface area contributed by atoms with Gasteiger partial charge in [-0.2, -0.15) is 0 Å². The van der Waals surface area contributed by atoms with Crippen LogP contribution in [0.4, 0.5) is 0 Å². The van der Waals surface area contributed by atoms with Gasteiger partial charge in [-0.1, -0.05) is 0 Å². The Morgan fingerprint density at radius 3 is 1.38 bits per heavy atom. The van der Waals surface area contributed by atoms with E-state index in [0.717, 1.165) is 12.8 Å². The van der Waals surface area contributed by atoms with Crippen LogP contribution in [0, 0.1) is 0 Å². The third-order valence-electron chi connectivity index (χ3n) is 8.00. The smallest absolute Gasteiger partial charge is 1.00 e. The second-order valence-electron chi connectivity index (χ2n) is 10.8. The number of hydrogen-bond acceptors (Lipinski definition) is 0. The SMILES string of the molecule is C[SiH](C)C1=C(C2=CC=CC2)[CH]([Zr+2][CH]2C(C3=CC=CC3)=C([SiH](C)C)c3ccccc32)c2ccccc21.[Cl-].[Cl-]. The minimum Gasteiger partial charge on any atom is -1.00 e. The standard InChI is InChI=1S/2C16H17Si.2ClH.Zr/c2*1-17(2)16-14-10-6-5-9-13(14)11-15(16)12-7-3-4-8-12;;;/h2*3-7,9-11,17H,8H2,1-2H3;2*1H;/q;;;;+2/p-2. The molecule has 0 radical (unpaired) electrons. The van der Waals surface area contributed by atoms with Gasteiger partial charge >= 0.3 is 227 Å². The molecule has 2 atom stereocenters. The average molecular weight is 637 g/mol. The molecule has 0 heterocycles. The molecule has 37 heavy (non-hydrogen) atoms. The Hall–Kier alpha value is -1.22. The van der Waals surface area contributed by atoms with Crippen molar-refractivity contribution >= 4 is 28.0 Å². The Kier molecular flexibility index (Phi) is 9.24. The quantitative estimate of drug-likeness (QED) is 0.426. The van der Waals surface area contributed by atoms with Crippen LogP contribution in [0.15, 0.2) is 107 Å². The third kappa shape index (κ3) is 4.96. The molecule has 2 aromatic rings. The maximum atomic E-state index is 2.54. The van der Waals surface area contributed by atoms with Gasteiger partial charge < -0.3 is 24.8 Å². The van der Waals surface area contributed by atoms with Gasteiger partial charge in [-0.25, -0.2) is 0 Å². The van der Waals surface area contributed by atoms with E-state index in [9.17, 15) is 0 Å². The first-order valence-electron chi connectivity index (χ1n) is 13.2. The van der Waals surface area contributed by atoms with Crippen molar-refractivity contribution < 1.29 is 48.0 Å². The first kappa shape index (κ1) is 28.8. The summed E-state index contributed by atoms with van der Waals surface area (Å²) in [5.74, 6) is 0. The summed E-state index contributed by atoms with van der Waals surface area (Å²) in [6.07, 6.45) is 16.4. The van der Waals surface area contributed by atoms with Crippen LogP contribution >= 0.6 is 0 Å². The molecule has 0 fully saturated rings. The molecule has 188 valence electrons. The maximum Gasteiger partial charge on any atom is -1.00 e. The van der Waals surface area contributed by atoms with Gasteiger partial charge in [-0.15, -0.1) is 0 Å². The predicted molar refractivity (Wildman–Crippen MR) is 154 cm³/mol. The molecular weight excluding hydrogens is 603 g/mol. The summed E-state index contributed by atoms with van der Waals surface area (Å²) in [6.45, 7) is 10.2. The molecule has 0 spiro atoms. The number of halogens is 2. The summed E-state index contributed by atoms with van der Waals surface area (Å²) in [5.41, 5.74) is 13.2. The zero-order chi connectivity index (χ0) is 24.1. The van der Waals surface area contributed by atoms with Crippen LogP contribution in [0.3, 0.4) is 0 Å². The van der Waals surface area contributed by atoms with Gasteiger partial charge in [0.1, 0.15) is 0 Å². The summed E-state index contributed by atoms with van der Waals surface area (Å²) in [4.78, 5) is 0. The van der Waals surface area contributed by atoms with E-state index in [-0.39, 0.29) is 24.8 Å². The zero-order valence-corrected chi connectivity index (χ0v) is 28.3. The van der Waals surface area contributed by atoms with E-state index in [4.69, 9.17) is 0 Å². The topological polar surface area (TPSA) is 0 Å². The van der Waals surface area contributed by atoms with Crippen LogP contribution in [-0.2, 0) is 23.2 Å². The Balaban J connectivity index is 0.00000160. The summed E-state index contributed by atoms with van der Waals surface area (Å²) in [6, 6.07) is 19.0. The van der Waals surface area contributed by atoms with Crippen molar-refractivity contribution in [3.05, 3.63) is 130 Å². The number of rotatable bonds is 6. The van der Waals surface area contributed by atoms with Crippen LogP contribution in [0.2, 0.25) is 26.2 Å². The monoisotopic (exact) mass is 634 g/mol. The van der Waals surface area contributed by atoms with Crippen LogP contribution in [0.1, 0.15) is 42.3 Å². The summed E-state index contributed by atoms with van der Waals surface area (Å²) in [7, 11) is -1.96. The molecule has 2 unspecified atom stereocenters. The fourth-order valence-corrected chi connectivity index (χ4v) is 16.6. The van der Waals surface area contributed by atoms with E-state index >= 15 is 0 Å². The maximum absolute atomic E-state index is 2.54. The molecule has 0 nitrogen and oxygen atoms in total. The molecule has 0 aliphatic heterocycles. The van der Waals surface area contributed by atoms with Crippen molar-refractivity contribution in [1.29, 1.82) is 0 Å². The van der Waals surface area contributed by atoms with Crippen molar-refractivity contribution in [3.8, 4) is 0 Å². The second kappa shape index (κ2) is 11.9. The van der Waals surface area contributed by atoms with Crippen LogP contribution in [0.5, 0.6) is 0 Å². The van der Waals surface area contributed by atoms with Crippen molar-refractivity contribution in [3.63, 3.8) is 0 Å². The normalized spacial score (nSPS) is 21.1. The number of allylic oxidation sites excluding steroid dienone is 10. The summed E-state index contributed by atoms with van der Waals surface area (Å²) in [5, 5.41) is 3.52. The second-order valence-corrected chi connectivity index (χ2v) is 20.3. The molecule has 0 aromatic heterocycles. The number of fused-ring (bicyclic) bond motifs is 2.